The molecule has 0 unspecified atom stereocenters. The van der Waals surface area contributed by atoms with Gasteiger partial charge < -0.3 is 22.3 Å². The van der Waals surface area contributed by atoms with Crippen LogP contribution in [0.15, 0.2) is 176 Å². The molecule has 64 heavy (non-hydrogen) atoms. The maximum Gasteiger partial charge on any atom is 0.738 e. The van der Waals surface area contributed by atoms with Gasteiger partial charge in [0.2, 0.25) is 0 Å². The van der Waals surface area contributed by atoms with E-state index in [1.165, 1.54) is 8.96 Å². The van der Waals surface area contributed by atoms with E-state index in [2.05, 4.69) is 125 Å². The van der Waals surface area contributed by atoms with Gasteiger partial charge in [0.05, 0.1) is 23.8 Å². The zero-order chi connectivity index (χ0) is 44.4. The predicted octanol–water partition coefficient (Wildman–Crippen LogP) is 14.5. The van der Waals surface area contributed by atoms with Gasteiger partial charge in [-0.1, -0.05) is 179 Å². The summed E-state index contributed by atoms with van der Waals surface area (Å²) in [6.07, 6.45) is 0. The number of aryl methyl sites for hydroxylation is 6. The van der Waals surface area contributed by atoms with E-state index in [9.17, 15) is 0 Å². The highest BCUT2D eigenvalue weighted by Crippen LogP contribution is 2.57. The van der Waals surface area contributed by atoms with Crippen LogP contribution in [0.5, 0.6) is 5.75 Å². The minimum absolute atomic E-state index is 0.466. The third kappa shape index (κ3) is 6.76. The minimum atomic E-state index is -4.68. The molecule has 0 saturated carbocycles. The number of hydrogen-bond acceptors (Lipinski definition) is 1. The maximum atomic E-state index is 19.7. The first-order valence-electron chi connectivity index (χ1n) is 22.0. The van der Waals surface area contributed by atoms with Crippen LogP contribution >= 0.6 is 0 Å². The SMILES string of the molecule is COc1ccc(C2=C3C(c4ccc(C)cc4)=C(c4ccc(C)cc4)C(c4ccc(C)cc4)=[N+]3[B-](F)(F)n3c2c(-c2ccc(C)cc2)c(-c2ccc(C)cc2)c3-c2ccc(C)cc2)cc1. The first-order valence-corrected chi connectivity index (χ1v) is 22.0. The lowest BCUT2D eigenvalue weighted by Crippen LogP contribution is -2.52. The molecule has 2 aliphatic rings. The number of rotatable bonds is 8. The highest BCUT2D eigenvalue weighted by molar-refractivity contribution is 6.61. The van der Waals surface area contributed by atoms with Crippen molar-refractivity contribution in [3.8, 4) is 39.3 Å². The van der Waals surface area contributed by atoms with E-state index in [1.54, 1.807) is 7.11 Å². The molecule has 0 bridgehead atoms. The molecule has 8 aromatic rings. The molecule has 0 N–H and O–H groups in total. The molecule has 0 fully saturated rings. The Morgan fingerprint density at radius 2 is 0.703 bits per heavy atom. The third-order valence-corrected chi connectivity index (χ3v) is 12.9. The van der Waals surface area contributed by atoms with Crippen molar-refractivity contribution in [3.63, 3.8) is 0 Å². The molecule has 0 aliphatic carbocycles. The summed E-state index contributed by atoms with van der Waals surface area (Å²) in [5.74, 6) is 0.680. The van der Waals surface area contributed by atoms with Crippen LogP contribution in [0.3, 0.4) is 0 Å². The third-order valence-electron chi connectivity index (χ3n) is 12.9. The number of fused-ring (bicyclic) bond motifs is 2. The fourth-order valence-electron chi connectivity index (χ4n) is 9.54. The van der Waals surface area contributed by atoms with Crippen LogP contribution < -0.4 is 4.74 Å². The number of halogens is 2. The Morgan fingerprint density at radius 1 is 0.375 bits per heavy atom. The molecule has 0 radical (unpaired) electrons. The van der Waals surface area contributed by atoms with E-state index in [-0.39, 0.29) is 0 Å². The van der Waals surface area contributed by atoms with Crippen LogP contribution in [0.25, 0.3) is 50.2 Å². The van der Waals surface area contributed by atoms with Crippen LogP contribution in [0.1, 0.15) is 61.3 Å². The molecule has 6 heteroatoms. The summed E-state index contributed by atoms with van der Waals surface area (Å²) < 4.78 is 48.0. The van der Waals surface area contributed by atoms with Crippen molar-refractivity contribution in [2.24, 2.45) is 0 Å². The Balaban J connectivity index is 1.50. The van der Waals surface area contributed by atoms with Crippen LogP contribution in [0.2, 0.25) is 0 Å². The van der Waals surface area contributed by atoms with Gasteiger partial charge in [0.1, 0.15) is 5.75 Å². The van der Waals surface area contributed by atoms with Crippen LogP contribution in [-0.2, 0) is 0 Å². The molecule has 0 atom stereocenters. The predicted molar refractivity (Wildman–Crippen MR) is 262 cm³/mol. The second-order valence-electron chi connectivity index (χ2n) is 17.5. The highest BCUT2D eigenvalue weighted by Gasteiger charge is 2.59. The van der Waals surface area contributed by atoms with Crippen molar-refractivity contribution in [2.45, 2.75) is 41.5 Å². The molecule has 0 spiro atoms. The van der Waals surface area contributed by atoms with Crippen LogP contribution in [0, 0.1) is 41.5 Å². The molecule has 3 heterocycles. The molecule has 0 amide bonds. The lowest BCUT2D eigenvalue weighted by molar-refractivity contribution is -0.358. The highest BCUT2D eigenvalue weighted by atomic mass is 19.2. The first-order chi connectivity index (χ1) is 30.9. The smallest absolute Gasteiger partial charge is 0.497 e. The minimum Gasteiger partial charge on any atom is -0.497 e. The Hall–Kier alpha value is -7.31. The quantitative estimate of drug-likeness (QED) is 0.139. The molecule has 2 aliphatic heterocycles. The van der Waals surface area contributed by atoms with Crippen LogP contribution in [0.4, 0.5) is 8.63 Å². The summed E-state index contributed by atoms with van der Waals surface area (Å²) in [6.45, 7) is 7.62. The molecule has 1 aromatic heterocycles. The Morgan fingerprint density at radius 3 is 1.12 bits per heavy atom. The van der Waals surface area contributed by atoms with Crippen molar-refractivity contribution in [1.82, 2.24) is 4.48 Å². The summed E-state index contributed by atoms with van der Waals surface area (Å²) in [5, 5.41) is 0. The van der Waals surface area contributed by atoms with Crippen LogP contribution in [-0.4, -0.2) is 28.8 Å². The van der Waals surface area contributed by atoms with E-state index in [1.807, 2.05) is 86.6 Å². The number of benzene rings is 7. The lowest BCUT2D eigenvalue weighted by atomic mass is 9.81. The summed E-state index contributed by atoms with van der Waals surface area (Å²) in [5.41, 5.74) is 17.7. The molecular weight excluding hydrogens is 789 g/mol. The standard InChI is InChI=1S/C58H49BF2N2O/c1-36-8-20-42(21-9-36)50-52(44-24-12-38(3)13-25-44)57-54(46-32-34-49(64-7)35-33-46)58-53(45-26-14-39(4)15-27-45)51(43-22-10-37(2)11-23-43)56(48-30-18-41(6)19-31-48)63(58)59(60,61)62(57)55(50)47-28-16-40(5)17-29-47/h8-35H,1-7H3. The first kappa shape index (κ1) is 40.7. The average molecular weight is 839 g/mol. The molecule has 314 valence electrons. The molecule has 10 rings (SSSR count). The largest absolute Gasteiger partial charge is 0.738 e. The normalized spacial score (nSPS) is 14.3. The lowest BCUT2D eigenvalue weighted by Gasteiger charge is -2.35. The van der Waals surface area contributed by atoms with Gasteiger partial charge in [-0.3, -0.25) is 0 Å². The van der Waals surface area contributed by atoms with E-state index in [0.717, 1.165) is 83.5 Å². The Kier molecular flexibility index (Phi) is 10.1. The molecule has 7 aromatic carbocycles. The zero-order valence-corrected chi connectivity index (χ0v) is 37.3. The molecular formula is C58H49BF2N2O. The van der Waals surface area contributed by atoms with Gasteiger partial charge in [-0.15, -0.1) is 0 Å². The van der Waals surface area contributed by atoms with Crippen molar-refractivity contribution < 1.29 is 17.9 Å². The second-order valence-corrected chi connectivity index (χ2v) is 17.5. The summed E-state index contributed by atoms with van der Waals surface area (Å²) in [4.78, 5) is 0. The summed E-state index contributed by atoms with van der Waals surface area (Å²) >= 11 is 0. The van der Waals surface area contributed by atoms with Crippen molar-refractivity contribution >= 4 is 29.4 Å². The van der Waals surface area contributed by atoms with Gasteiger partial charge >= 0.3 is 6.97 Å². The number of allylic oxidation sites excluding steroid dienone is 2. The number of nitrogens with zero attached hydrogens (tertiary/aromatic N) is 2. The van der Waals surface area contributed by atoms with Crippen molar-refractivity contribution in [3.05, 3.63) is 237 Å². The van der Waals surface area contributed by atoms with E-state index in [0.29, 0.717) is 45.2 Å². The molecule has 0 saturated heterocycles. The summed E-state index contributed by atoms with van der Waals surface area (Å²) in [6, 6.07) is 57.2. The fourth-order valence-corrected chi connectivity index (χ4v) is 9.54. The van der Waals surface area contributed by atoms with Gasteiger partial charge in [-0.05, 0) is 99.2 Å². The zero-order valence-electron chi connectivity index (χ0n) is 37.3. The molecule has 3 nitrogen and oxygen atoms in total. The number of aromatic nitrogens is 1. The van der Waals surface area contributed by atoms with E-state index < -0.39 is 6.97 Å². The maximum absolute atomic E-state index is 19.7. The van der Waals surface area contributed by atoms with Crippen molar-refractivity contribution in [1.29, 1.82) is 0 Å². The van der Waals surface area contributed by atoms with E-state index in [4.69, 9.17) is 4.74 Å². The monoisotopic (exact) mass is 838 g/mol. The average Bonchev–Trinajstić information content (AvgIpc) is 3.85. The number of ether oxygens (including phenoxy) is 1. The van der Waals surface area contributed by atoms with Gasteiger partial charge in [0.15, 0.2) is 11.4 Å². The van der Waals surface area contributed by atoms with E-state index >= 15 is 8.63 Å². The fraction of sp³-hybridized carbons (Fsp3) is 0.121. The Labute approximate surface area is 375 Å². The van der Waals surface area contributed by atoms with Gasteiger partial charge in [-0.25, -0.2) is 0 Å². The van der Waals surface area contributed by atoms with Gasteiger partial charge in [0, 0.05) is 28.1 Å². The second kappa shape index (κ2) is 15.8. The topological polar surface area (TPSA) is 17.2 Å². The Bertz CT molecular complexity index is 3190. The number of methoxy groups -OCH3 is 1. The number of hydrogen-bond donors (Lipinski definition) is 0. The van der Waals surface area contributed by atoms with Gasteiger partial charge in [0.25, 0.3) is 0 Å². The van der Waals surface area contributed by atoms with Gasteiger partial charge in [-0.2, -0.15) is 0 Å². The van der Waals surface area contributed by atoms with Crippen molar-refractivity contribution in [2.75, 3.05) is 7.11 Å². The summed E-state index contributed by atoms with van der Waals surface area (Å²) in [7, 11) is 1.65.